The molecule has 0 aliphatic carbocycles. The van der Waals surface area contributed by atoms with Crippen molar-refractivity contribution < 1.29 is 13.5 Å². The Morgan fingerprint density at radius 2 is 2.19 bits per heavy atom. The molecular formula is C10H16N2O3S. The Balaban J connectivity index is 2.35. The van der Waals surface area contributed by atoms with Gasteiger partial charge in [0.15, 0.2) is 9.84 Å². The highest BCUT2D eigenvalue weighted by molar-refractivity contribution is 7.91. The van der Waals surface area contributed by atoms with Crippen LogP contribution < -0.4 is 0 Å². The van der Waals surface area contributed by atoms with Crippen molar-refractivity contribution in [3.05, 3.63) is 18.2 Å². The third-order valence-electron chi connectivity index (χ3n) is 2.87. The average Bonchev–Trinajstić information content (AvgIpc) is 2.69. The summed E-state index contributed by atoms with van der Waals surface area (Å²) in [7, 11) is -3.11. The van der Waals surface area contributed by atoms with Gasteiger partial charge in [-0.2, -0.15) is 0 Å². The highest BCUT2D eigenvalue weighted by Gasteiger charge is 2.38. The lowest BCUT2D eigenvalue weighted by molar-refractivity contribution is 0.151. The topological polar surface area (TPSA) is 72.2 Å². The van der Waals surface area contributed by atoms with E-state index in [0.29, 0.717) is 0 Å². The van der Waals surface area contributed by atoms with Gasteiger partial charge in [0, 0.05) is 18.3 Å². The minimum atomic E-state index is -3.11. The summed E-state index contributed by atoms with van der Waals surface area (Å²) in [5.41, 5.74) is 0. The Hall–Kier alpha value is -0.880. The van der Waals surface area contributed by atoms with Crippen LogP contribution in [0.5, 0.6) is 0 Å². The molecule has 0 amide bonds. The molecule has 16 heavy (non-hydrogen) atoms. The molecule has 2 atom stereocenters. The van der Waals surface area contributed by atoms with Gasteiger partial charge in [0.1, 0.15) is 5.82 Å². The van der Waals surface area contributed by atoms with E-state index in [1.54, 1.807) is 17.0 Å². The number of imidazole rings is 1. The van der Waals surface area contributed by atoms with Crippen molar-refractivity contribution in [2.24, 2.45) is 0 Å². The van der Waals surface area contributed by atoms with Gasteiger partial charge in [-0.3, -0.25) is 0 Å². The van der Waals surface area contributed by atoms with Crippen molar-refractivity contribution >= 4 is 9.84 Å². The molecule has 1 N–H and O–H groups in total. The van der Waals surface area contributed by atoms with Crippen LogP contribution >= 0.6 is 0 Å². The van der Waals surface area contributed by atoms with Crippen LogP contribution in [0.4, 0.5) is 0 Å². The number of rotatable bonds is 2. The summed E-state index contributed by atoms with van der Waals surface area (Å²) in [6.07, 6.45) is 2.56. The van der Waals surface area contributed by atoms with Crippen LogP contribution in [-0.2, 0) is 9.84 Å². The lowest BCUT2D eigenvalue weighted by Crippen LogP contribution is -2.23. The highest BCUT2D eigenvalue weighted by Crippen LogP contribution is 2.27. The van der Waals surface area contributed by atoms with Gasteiger partial charge >= 0.3 is 0 Å². The molecule has 6 heteroatoms. The van der Waals surface area contributed by atoms with Crippen LogP contribution in [-0.4, -0.2) is 40.7 Å². The Bertz CT molecular complexity index is 478. The average molecular weight is 244 g/mol. The van der Waals surface area contributed by atoms with Gasteiger partial charge in [-0.05, 0) is 0 Å². The molecule has 1 aliphatic heterocycles. The molecule has 1 fully saturated rings. The first-order valence-electron chi connectivity index (χ1n) is 5.32. The molecule has 0 bridgehead atoms. The van der Waals surface area contributed by atoms with E-state index in [-0.39, 0.29) is 23.5 Å². The summed E-state index contributed by atoms with van der Waals surface area (Å²) in [6.45, 7) is 3.99. The van der Waals surface area contributed by atoms with Crippen LogP contribution in [0.15, 0.2) is 12.4 Å². The zero-order valence-electron chi connectivity index (χ0n) is 9.37. The van der Waals surface area contributed by atoms with E-state index in [1.807, 2.05) is 13.8 Å². The number of sulfone groups is 1. The maximum atomic E-state index is 11.4. The van der Waals surface area contributed by atoms with Crippen molar-refractivity contribution in [3.8, 4) is 0 Å². The summed E-state index contributed by atoms with van der Waals surface area (Å²) in [5.74, 6) is 0.893. The fourth-order valence-electron chi connectivity index (χ4n) is 2.13. The van der Waals surface area contributed by atoms with E-state index < -0.39 is 15.9 Å². The van der Waals surface area contributed by atoms with Crippen molar-refractivity contribution in [3.63, 3.8) is 0 Å². The van der Waals surface area contributed by atoms with Crippen molar-refractivity contribution in [2.45, 2.75) is 31.9 Å². The van der Waals surface area contributed by atoms with E-state index in [0.717, 1.165) is 5.82 Å². The molecule has 90 valence electrons. The van der Waals surface area contributed by atoms with Crippen LogP contribution in [0, 0.1) is 0 Å². The monoisotopic (exact) mass is 244 g/mol. The number of aliphatic hydroxyl groups excluding tert-OH is 1. The molecule has 0 saturated carbocycles. The first kappa shape index (κ1) is 11.6. The summed E-state index contributed by atoms with van der Waals surface area (Å²) in [4.78, 5) is 4.20. The maximum Gasteiger partial charge on any atom is 0.155 e. The van der Waals surface area contributed by atoms with Gasteiger partial charge in [0.2, 0.25) is 0 Å². The molecule has 0 aromatic carbocycles. The Labute approximate surface area is 95.0 Å². The Morgan fingerprint density at radius 3 is 2.69 bits per heavy atom. The molecule has 5 nitrogen and oxygen atoms in total. The van der Waals surface area contributed by atoms with Crippen LogP contribution in [0.3, 0.4) is 0 Å². The lowest BCUT2D eigenvalue weighted by atomic mass is 10.1. The zero-order valence-corrected chi connectivity index (χ0v) is 10.2. The molecule has 1 aliphatic rings. The number of hydrogen-bond acceptors (Lipinski definition) is 4. The highest BCUT2D eigenvalue weighted by atomic mass is 32.2. The molecule has 0 radical (unpaired) electrons. The summed E-state index contributed by atoms with van der Waals surface area (Å²) < 4.78 is 24.7. The molecular weight excluding hydrogens is 228 g/mol. The van der Waals surface area contributed by atoms with Crippen molar-refractivity contribution in [2.75, 3.05) is 11.5 Å². The van der Waals surface area contributed by atoms with Gasteiger partial charge in [0.05, 0.1) is 23.7 Å². The Kier molecular flexibility index (Phi) is 2.79. The van der Waals surface area contributed by atoms with Crippen molar-refractivity contribution in [1.82, 2.24) is 9.55 Å². The minimum Gasteiger partial charge on any atom is -0.390 e. The zero-order chi connectivity index (χ0) is 11.9. The van der Waals surface area contributed by atoms with Crippen LogP contribution in [0.1, 0.15) is 31.6 Å². The maximum absolute atomic E-state index is 11.4. The fourth-order valence-corrected chi connectivity index (χ4v) is 3.91. The van der Waals surface area contributed by atoms with Gasteiger partial charge in [0.25, 0.3) is 0 Å². The van der Waals surface area contributed by atoms with Crippen LogP contribution in [0.25, 0.3) is 0 Å². The molecule has 1 aromatic rings. The van der Waals surface area contributed by atoms with Crippen molar-refractivity contribution in [1.29, 1.82) is 0 Å². The second-order valence-electron chi connectivity index (χ2n) is 4.56. The molecule has 2 heterocycles. The first-order valence-corrected chi connectivity index (χ1v) is 7.14. The van der Waals surface area contributed by atoms with E-state index in [2.05, 4.69) is 4.98 Å². The quantitative estimate of drug-likeness (QED) is 0.814. The molecule has 2 rings (SSSR count). The van der Waals surface area contributed by atoms with Gasteiger partial charge in [-0.25, -0.2) is 13.4 Å². The van der Waals surface area contributed by atoms with E-state index in [1.165, 1.54) is 0 Å². The van der Waals surface area contributed by atoms with E-state index in [9.17, 15) is 13.5 Å². The molecule has 1 aromatic heterocycles. The van der Waals surface area contributed by atoms with Crippen LogP contribution in [0.2, 0.25) is 0 Å². The number of hydrogen-bond donors (Lipinski definition) is 1. The second kappa shape index (κ2) is 3.85. The molecule has 2 unspecified atom stereocenters. The molecule has 0 spiro atoms. The lowest BCUT2D eigenvalue weighted by Gasteiger charge is -2.18. The minimum absolute atomic E-state index is 0.00421. The largest absolute Gasteiger partial charge is 0.390 e. The summed E-state index contributed by atoms with van der Waals surface area (Å²) in [6, 6.07) is -0.384. The van der Waals surface area contributed by atoms with Gasteiger partial charge in [-0.1, -0.05) is 13.8 Å². The summed E-state index contributed by atoms with van der Waals surface area (Å²) in [5, 5.41) is 9.77. The normalized spacial score (nSPS) is 28.8. The number of aliphatic hydroxyl groups is 1. The predicted octanol–water partition coefficient (Wildman–Crippen LogP) is 0.337. The smallest absolute Gasteiger partial charge is 0.155 e. The predicted molar refractivity (Wildman–Crippen MR) is 60.0 cm³/mol. The third kappa shape index (κ3) is 1.99. The fraction of sp³-hybridized carbons (Fsp3) is 0.700. The van der Waals surface area contributed by atoms with Gasteiger partial charge < -0.3 is 9.67 Å². The molecule has 1 saturated heterocycles. The van der Waals surface area contributed by atoms with E-state index >= 15 is 0 Å². The number of nitrogens with zero attached hydrogens (tertiary/aromatic N) is 2. The van der Waals surface area contributed by atoms with Gasteiger partial charge in [-0.15, -0.1) is 0 Å². The Morgan fingerprint density at radius 1 is 1.50 bits per heavy atom. The summed E-state index contributed by atoms with van der Waals surface area (Å²) >= 11 is 0. The third-order valence-corrected chi connectivity index (χ3v) is 4.56. The second-order valence-corrected chi connectivity index (χ2v) is 6.71. The standard InChI is InChI=1S/C10H16N2O3S/c1-7(2)10-11-3-4-12(10)8-5-16(14,15)6-9(8)13/h3-4,7-9,13H,5-6H2,1-2H3. The first-order chi connectivity index (χ1) is 7.41. The van der Waals surface area contributed by atoms with E-state index in [4.69, 9.17) is 0 Å². The number of aromatic nitrogens is 2. The SMILES string of the molecule is CC(C)c1nccn1C1CS(=O)(=O)CC1O.